The van der Waals surface area contributed by atoms with Crippen LogP contribution >= 0.6 is 0 Å². The molecule has 1 aromatic heterocycles. The average molecular weight is 349 g/mol. The Morgan fingerprint density at radius 3 is 2.48 bits per heavy atom. The minimum absolute atomic E-state index is 0.286. The summed E-state index contributed by atoms with van der Waals surface area (Å²) in [6, 6.07) is 7.84. The minimum atomic E-state index is -4.54. The molecule has 0 atom stereocenters. The summed E-state index contributed by atoms with van der Waals surface area (Å²) >= 11 is 0. The molecule has 0 bridgehead atoms. The molecule has 4 nitrogen and oxygen atoms in total. The van der Waals surface area contributed by atoms with Gasteiger partial charge in [0.25, 0.3) is 0 Å². The van der Waals surface area contributed by atoms with E-state index in [4.69, 9.17) is 0 Å². The van der Waals surface area contributed by atoms with E-state index in [-0.39, 0.29) is 5.69 Å². The molecule has 2 aromatic rings. The topological polar surface area (TPSA) is 54.0 Å². The number of hydrogen-bond acceptors (Lipinski definition) is 2. The quantitative estimate of drug-likeness (QED) is 0.779. The van der Waals surface area contributed by atoms with Crippen molar-refractivity contribution in [1.29, 1.82) is 0 Å². The normalized spacial score (nSPS) is 15.2. The van der Waals surface area contributed by atoms with Crippen LogP contribution in [0, 0.1) is 0 Å². The highest BCUT2D eigenvalue weighted by Crippen LogP contribution is 2.37. The van der Waals surface area contributed by atoms with Crippen molar-refractivity contribution >= 4 is 17.5 Å². The number of amides is 2. The maximum absolute atomic E-state index is 13.0. The number of carbonyl (C=O) groups is 1. The van der Waals surface area contributed by atoms with Crippen molar-refractivity contribution in [3.63, 3.8) is 0 Å². The Morgan fingerprint density at radius 1 is 1.04 bits per heavy atom. The Labute approximate surface area is 143 Å². The molecule has 0 saturated heterocycles. The molecule has 0 aliphatic heterocycles. The first-order valence-electron chi connectivity index (χ1n) is 8.14. The molecular weight excluding hydrogens is 331 g/mol. The highest BCUT2D eigenvalue weighted by molar-refractivity contribution is 6.00. The summed E-state index contributed by atoms with van der Waals surface area (Å²) in [6.45, 7) is 0. The highest BCUT2D eigenvalue weighted by atomic mass is 19.4. The summed E-state index contributed by atoms with van der Waals surface area (Å²) in [5, 5.41) is 4.86. The lowest BCUT2D eigenvalue weighted by molar-refractivity contribution is -0.136. The summed E-state index contributed by atoms with van der Waals surface area (Å²) in [4.78, 5) is 16.4. The van der Waals surface area contributed by atoms with Crippen molar-refractivity contribution in [3.05, 3.63) is 53.7 Å². The molecule has 1 aliphatic rings. The summed E-state index contributed by atoms with van der Waals surface area (Å²) in [5.74, 6) is 0.725. The van der Waals surface area contributed by atoms with Crippen LogP contribution in [0.25, 0.3) is 0 Å². The van der Waals surface area contributed by atoms with Crippen LogP contribution in [-0.2, 0) is 6.18 Å². The van der Waals surface area contributed by atoms with E-state index in [0.717, 1.165) is 37.3 Å². The van der Waals surface area contributed by atoms with Gasteiger partial charge in [-0.2, -0.15) is 13.2 Å². The van der Waals surface area contributed by atoms with Gasteiger partial charge in [0.15, 0.2) is 0 Å². The van der Waals surface area contributed by atoms with Gasteiger partial charge in [0.05, 0.1) is 11.3 Å². The van der Waals surface area contributed by atoms with Gasteiger partial charge in [0.1, 0.15) is 5.82 Å². The van der Waals surface area contributed by atoms with Crippen molar-refractivity contribution < 1.29 is 18.0 Å². The summed E-state index contributed by atoms with van der Waals surface area (Å²) in [7, 11) is 0. The number of benzene rings is 1. The first-order valence-corrected chi connectivity index (χ1v) is 8.14. The largest absolute Gasteiger partial charge is 0.418 e. The van der Waals surface area contributed by atoms with Crippen LogP contribution in [0.5, 0.6) is 0 Å². The SMILES string of the molecule is O=C(Nc1ccccc1C(F)(F)F)Nc1ncccc1C1CCCC1. The Balaban J connectivity index is 1.76. The smallest absolute Gasteiger partial charge is 0.307 e. The van der Waals surface area contributed by atoms with Gasteiger partial charge in [-0.25, -0.2) is 9.78 Å². The lowest BCUT2D eigenvalue weighted by atomic mass is 9.98. The van der Waals surface area contributed by atoms with E-state index in [1.807, 2.05) is 6.07 Å². The first kappa shape index (κ1) is 17.3. The zero-order valence-corrected chi connectivity index (χ0v) is 13.4. The molecule has 2 N–H and O–H groups in total. The molecule has 0 spiro atoms. The van der Waals surface area contributed by atoms with Crippen molar-refractivity contribution in [2.45, 2.75) is 37.8 Å². The molecule has 1 saturated carbocycles. The average Bonchev–Trinajstić information content (AvgIpc) is 3.09. The number of urea groups is 1. The van der Waals surface area contributed by atoms with Crippen molar-refractivity contribution in [1.82, 2.24) is 4.98 Å². The predicted octanol–water partition coefficient (Wildman–Crippen LogP) is 5.40. The number of hydrogen-bond donors (Lipinski definition) is 2. The number of rotatable bonds is 3. The molecule has 1 aliphatic carbocycles. The molecule has 0 unspecified atom stereocenters. The molecular formula is C18H18F3N3O. The van der Waals surface area contributed by atoms with E-state index < -0.39 is 17.8 Å². The van der Waals surface area contributed by atoms with E-state index in [2.05, 4.69) is 15.6 Å². The Bertz CT molecular complexity index is 755. The number of pyridine rings is 1. The van der Waals surface area contributed by atoms with Gasteiger partial charge in [0, 0.05) is 6.20 Å². The number of nitrogens with one attached hydrogen (secondary N) is 2. The van der Waals surface area contributed by atoms with Gasteiger partial charge in [-0.1, -0.05) is 31.0 Å². The van der Waals surface area contributed by atoms with Crippen LogP contribution in [0.1, 0.15) is 42.7 Å². The molecule has 132 valence electrons. The summed E-state index contributed by atoms with van der Waals surface area (Å²) in [5.41, 5.74) is -0.243. The molecule has 0 radical (unpaired) electrons. The van der Waals surface area contributed by atoms with Crippen LogP contribution in [0.3, 0.4) is 0 Å². The molecule has 1 fully saturated rings. The number of para-hydroxylation sites is 1. The maximum atomic E-state index is 13.0. The zero-order valence-electron chi connectivity index (χ0n) is 13.4. The van der Waals surface area contributed by atoms with E-state index >= 15 is 0 Å². The molecule has 1 aromatic carbocycles. The minimum Gasteiger partial charge on any atom is -0.307 e. The van der Waals surface area contributed by atoms with Crippen molar-refractivity contribution in [2.75, 3.05) is 10.6 Å². The monoisotopic (exact) mass is 349 g/mol. The molecule has 1 heterocycles. The van der Waals surface area contributed by atoms with Crippen LogP contribution in [0.4, 0.5) is 29.5 Å². The third-order valence-electron chi connectivity index (χ3n) is 4.35. The lowest BCUT2D eigenvalue weighted by Gasteiger charge is -2.16. The molecule has 3 rings (SSSR count). The molecule has 25 heavy (non-hydrogen) atoms. The predicted molar refractivity (Wildman–Crippen MR) is 89.5 cm³/mol. The number of halogens is 3. The first-order chi connectivity index (χ1) is 11.9. The second-order valence-corrected chi connectivity index (χ2v) is 6.05. The van der Waals surface area contributed by atoms with Crippen molar-refractivity contribution in [3.8, 4) is 0 Å². The van der Waals surface area contributed by atoms with E-state index in [0.29, 0.717) is 11.7 Å². The number of aromatic nitrogens is 1. The van der Waals surface area contributed by atoms with Gasteiger partial charge in [-0.05, 0) is 42.5 Å². The highest BCUT2D eigenvalue weighted by Gasteiger charge is 2.33. The summed E-state index contributed by atoms with van der Waals surface area (Å²) in [6.07, 6.45) is 1.33. The van der Waals surface area contributed by atoms with Crippen molar-refractivity contribution in [2.24, 2.45) is 0 Å². The third-order valence-corrected chi connectivity index (χ3v) is 4.35. The second kappa shape index (κ2) is 7.13. The number of carbonyl (C=O) groups excluding carboxylic acids is 1. The maximum Gasteiger partial charge on any atom is 0.418 e. The number of nitrogens with zero attached hydrogens (tertiary/aromatic N) is 1. The third kappa shape index (κ3) is 4.10. The summed E-state index contributed by atoms with van der Waals surface area (Å²) < 4.78 is 39.0. The number of alkyl halides is 3. The zero-order chi connectivity index (χ0) is 17.9. The number of anilines is 2. The molecule has 7 heteroatoms. The fourth-order valence-corrected chi connectivity index (χ4v) is 3.19. The van der Waals surface area contributed by atoms with Crippen LogP contribution in [0.2, 0.25) is 0 Å². The van der Waals surface area contributed by atoms with E-state index in [1.165, 1.54) is 18.2 Å². The van der Waals surface area contributed by atoms with Crippen LogP contribution < -0.4 is 10.6 Å². The Morgan fingerprint density at radius 2 is 1.76 bits per heavy atom. The van der Waals surface area contributed by atoms with Gasteiger partial charge < -0.3 is 5.32 Å². The van der Waals surface area contributed by atoms with Gasteiger partial charge in [0.2, 0.25) is 0 Å². The van der Waals surface area contributed by atoms with E-state index in [1.54, 1.807) is 12.3 Å². The van der Waals surface area contributed by atoms with Gasteiger partial charge in [-0.15, -0.1) is 0 Å². The fourth-order valence-electron chi connectivity index (χ4n) is 3.19. The van der Waals surface area contributed by atoms with Gasteiger partial charge >= 0.3 is 12.2 Å². The fraction of sp³-hybridized carbons (Fsp3) is 0.333. The Kier molecular flexibility index (Phi) is 4.92. The van der Waals surface area contributed by atoms with Crippen LogP contribution in [-0.4, -0.2) is 11.0 Å². The lowest BCUT2D eigenvalue weighted by Crippen LogP contribution is -2.23. The van der Waals surface area contributed by atoms with Crippen LogP contribution in [0.15, 0.2) is 42.6 Å². The Hall–Kier alpha value is -2.57. The second-order valence-electron chi connectivity index (χ2n) is 6.05. The molecule has 2 amide bonds. The van der Waals surface area contributed by atoms with Gasteiger partial charge in [-0.3, -0.25) is 5.32 Å². The van der Waals surface area contributed by atoms with E-state index in [9.17, 15) is 18.0 Å². The standard InChI is InChI=1S/C18H18F3N3O/c19-18(20,21)14-9-3-4-10-15(14)23-17(25)24-16-13(8-5-11-22-16)12-6-1-2-7-12/h3-5,8-12H,1-2,6-7H2,(H2,22,23,24,25).